The quantitative estimate of drug-likeness (QED) is 0.0629. The monoisotopic (exact) mass is 971 g/mol. The Morgan fingerprint density at radius 2 is 1.38 bits per heavy atom. The largest absolute Gasteiger partial charge is 0.423 e. The number of amides is 2. The van der Waals surface area contributed by atoms with E-state index in [4.69, 9.17) is 52.0 Å². The molecule has 4 heterocycles. The Morgan fingerprint density at radius 1 is 0.739 bits per heavy atom. The predicted molar refractivity (Wildman–Crippen MR) is 256 cm³/mol. The molecule has 2 aromatic heterocycles. The highest BCUT2D eigenvalue weighted by molar-refractivity contribution is 6.00. The zero-order chi connectivity index (χ0) is 48.5. The number of anilines is 2. The Labute approximate surface area is 403 Å². The zero-order valence-corrected chi connectivity index (χ0v) is 40.3. The molecule has 0 bridgehead atoms. The van der Waals surface area contributed by atoms with E-state index in [9.17, 15) is 14.4 Å². The van der Waals surface area contributed by atoms with Crippen molar-refractivity contribution in [3.63, 3.8) is 0 Å². The third-order valence-corrected chi connectivity index (χ3v) is 11.7. The summed E-state index contributed by atoms with van der Waals surface area (Å²) in [5.74, 6) is -1.33. The number of hydrogen-bond donors (Lipinski definition) is 2. The van der Waals surface area contributed by atoms with Gasteiger partial charge in [0.2, 0.25) is 11.8 Å². The molecule has 2 aliphatic rings. The molecule has 0 saturated carbocycles. The fourth-order valence-electron chi connectivity index (χ4n) is 8.08. The molecule has 0 aliphatic carbocycles. The Hall–Kier alpha value is -4.77. The summed E-state index contributed by atoms with van der Waals surface area (Å²) in [5.41, 5.74) is 4.53. The zero-order valence-electron chi connectivity index (χ0n) is 40.3. The van der Waals surface area contributed by atoms with E-state index in [1.807, 2.05) is 25.1 Å². The van der Waals surface area contributed by atoms with Crippen LogP contribution < -0.4 is 20.4 Å². The summed E-state index contributed by atoms with van der Waals surface area (Å²) in [4.78, 5) is 49.9. The second kappa shape index (κ2) is 30.1. The van der Waals surface area contributed by atoms with Crippen molar-refractivity contribution in [2.45, 2.75) is 58.0 Å². The molecule has 1 fully saturated rings. The molecule has 1 unspecified atom stereocenters. The number of fused-ring (bicyclic) bond motifs is 4. The minimum Gasteiger partial charge on any atom is -0.423 e. The first-order chi connectivity index (χ1) is 33.9. The summed E-state index contributed by atoms with van der Waals surface area (Å²) < 4.78 is 71.5. The summed E-state index contributed by atoms with van der Waals surface area (Å²) in [6.45, 7) is 12.3. The smallest absolute Gasteiger partial charge is 0.298 e. The van der Waals surface area contributed by atoms with Crippen LogP contribution in [0.2, 0.25) is 0 Å². The Morgan fingerprint density at radius 3 is 2.04 bits per heavy atom. The van der Waals surface area contributed by atoms with Crippen LogP contribution in [0.25, 0.3) is 22.0 Å². The van der Waals surface area contributed by atoms with Gasteiger partial charge in [-0.25, -0.2) is 4.39 Å². The van der Waals surface area contributed by atoms with E-state index in [1.54, 1.807) is 17.7 Å². The van der Waals surface area contributed by atoms with Crippen molar-refractivity contribution in [2.75, 3.05) is 155 Å². The van der Waals surface area contributed by atoms with Crippen molar-refractivity contribution >= 4 is 51.4 Å². The second-order valence-corrected chi connectivity index (χ2v) is 16.5. The molecule has 4 aromatic rings. The first-order valence-corrected chi connectivity index (χ1v) is 24.3. The summed E-state index contributed by atoms with van der Waals surface area (Å²) in [7, 11) is 1.62. The number of rotatable bonds is 34. The number of methoxy groups -OCH3 is 1. The van der Waals surface area contributed by atoms with Crippen molar-refractivity contribution in [1.82, 2.24) is 20.2 Å². The van der Waals surface area contributed by atoms with Gasteiger partial charge in [-0.15, -0.1) is 0 Å². The lowest BCUT2D eigenvalue weighted by molar-refractivity contribution is -0.123. The highest BCUT2D eigenvalue weighted by Crippen LogP contribution is 2.35. The van der Waals surface area contributed by atoms with Crippen molar-refractivity contribution in [3.8, 4) is 0 Å². The average Bonchev–Trinajstić information content (AvgIpc) is 3.94. The van der Waals surface area contributed by atoms with Gasteiger partial charge in [0.1, 0.15) is 17.4 Å². The van der Waals surface area contributed by atoms with Gasteiger partial charge in [-0.05, 0) is 62.6 Å². The van der Waals surface area contributed by atoms with Crippen LogP contribution in [-0.2, 0) is 65.2 Å². The molecule has 20 heteroatoms. The molecule has 6 rings (SSSR count). The van der Waals surface area contributed by atoms with Gasteiger partial charge >= 0.3 is 0 Å². The molecule has 2 amide bonds. The number of hydrogen-bond acceptors (Lipinski definition) is 16. The molecule has 2 aromatic carbocycles. The summed E-state index contributed by atoms with van der Waals surface area (Å²) >= 11 is 0. The number of oxazole rings is 1. The summed E-state index contributed by atoms with van der Waals surface area (Å²) in [6.07, 6.45) is 2.09. The van der Waals surface area contributed by atoms with Gasteiger partial charge in [0.15, 0.2) is 5.58 Å². The number of unbranched alkanes of at least 4 members (excludes halogenated alkanes) is 1. The average molecular weight is 971 g/mol. The van der Waals surface area contributed by atoms with E-state index in [-0.39, 0.29) is 43.8 Å². The molecule has 0 radical (unpaired) electrons. The summed E-state index contributed by atoms with van der Waals surface area (Å²) in [5, 5.41) is 6.65. The molecule has 69 heavy (non-hydrogen) atoms. The maximum Gasteiger partial charge on any atom is 0.298 e. The summed E-state index contributed by atoms with van der Waals surface area (Å²) in [6, 6.07) is 10.1. The van der Waals surface area contributed by atoms with Crippen LogP contribution in [0.5, 0.6) is 0 Å². The van der Waals surface area contributed by atoms with Gasteiger partial charge in [0, 0.05) is 88.0 Å². The van der Waals surface area contributed by atoms with Gasteiger partial charge in [-0.1, -0.05) is 0 Å². The van der Waals surface area contributed by atoms with E-state index >= 15 is 4.39 Å². The topological polar surface area (TPSA) is 196 Å². The molecule has 1 atom stereocenters. The van der Waals surface area contributed by atoms with Crippen LogP contribution in [0.3, 0.4) is 0 Å². The molecule has 0 spiro atoms. The van der Waals surface area contributed by atoms with Crippen LogP contribution in [0, 0.1) is 5.82 Å². The van der Waals surface area contributed by atoms with Gasteiger partial charge < -0.3 is 67.5 Å². The number of carbonyl (C=O) groups is 3. The third-order valence-electron chi connectivity index (χ3n) is 11.7. The number of nitrogens with zero attached hydrogens (tertiary/aromatic N) is 4. The van der Waals surface area contributed by atoms with Gasteiger partial charge in [0.05, 0.1) is 111 Å². The minimum absolute atomic E-state index is 0.0236. The fraction of sp³-hybridized carbons (Fsp3) is 0.633. The number of ether oxygens (including phenoxy) is 9. The molecular formula is C49H71FN6O13. The van der Waals surface area contributed by atoms with E-state index in [2.05, 4.69) is 20.4 Å². The SMILES string of the molecule is CCOCCOCCOCCOCCC(=O)NC(CCCCNC(=O)CCOCCOCCOCCOC)C(=O)n1c2c(c3ccc(F)cc31)CN(c1ccc3oc(N4CCOCC4)nc3c1)CC2. The number of morpholine rings is 1. The lowest BCUT2D eigenvalue weighted by atomic mass is 10.0. The molecule has 19 nitrogen and oxygen atoms in total. The minimum atomic E-state index is -0.928. The number of halogens is 1. The third kappa shape index (κ3) is 17.2. The highest BCUT2D eigenvalue weighted by Gasteiger charge is 2.31. The van der Waals surface area contributed by atoms with E-state index in [1.165, 1.54) is 12.1 Å². The standard InChI is InChI=1S/C49H71FN6O13/c1-3-61-24-25-66-32-33-68-29-27-63-19-13-47(58)52-41(6-4-5-14-51-46(57)12-18-62-26-28-67-31-30-65-23-22-60-2)48(59)56-43-11-15-55(36-40(43)39-9-7-37(50)34-44(39)56)38-8-10-45-42(35-38)53-49(69-45)54-16-20-64-21-17-54/h7-10,34-35,41H,3-6,11-33,36H2,1-2H3,(H,51,57)(H,52,58). The van der Waals surface area contributed by atoms with Crippen molar-refractivity contribution in [1.29, 1.82) is 0 Å². The lowest BCUT2D eigenvalue weighted by Gasteiger charge is -2.30. The second-order valence-electron chi connectivity index (χ2n) is 16.5. The van der Waals surface area contributed by atoms with Crippen molar-refractivity contribution < 1.29 is 65.8 Å². The Balaban J connectivity index is 1.04. The van der Waals surface area contributed by atoms with Crippen LogP contribution in [0.15, 0.2) is 40.8 Å². The number of carbonyl (C=O) groups excluding carboxylic acids is 3. The first kappa shape index (κ1) is 53.6. The fourth-order valence-corrected chi connectivity index (χ4v) is 8.08. The normalized spacial score (nSPS) is 14.4. The van der Waals surface area contributed by atoms with Crippen LogP contribution >= 0.6 is 0 Å². The first-order valence-electron chi connectivity index (χ1n) is 24.3. The maximum absolute atomic E-state index is 15.1. The molecule has 1 saturated heterocycles. The van der Waals surface area contributed by atoms with Crippen molar-refractivity contribution in [3.05, 3.63) is 53.5 Å². The molecule has 382 valence electrons. The Bertz CT molecular complexity index is 2170. The predicted octanol–water partition coefficient (Wildman–Crippen LogP) is 4.30. The van der Waals surface area contributed by atoms with E-state index < -0.39 is 11.9 Å². The van der Waals surface area contributed by atoms with Crippen LogP contribution in [-0.4, -0.2) is 179 Å². The molecule has 2 aliphatic heterocycles. The van der Waals surface area contributed by atoms with Crippen LogP contribution in [0.1, 0.15) is 55.1 Å². The van der Waals surface area contributed by atoms with E-state index in [0.717, 1.165) is 27.8 Å². The maximum atomic E-state index is 15.1. The van der Waals surface area contributed by atoms with Gasteiger partial charge in [0.25, 0.3) is 11.9 Å². The number of nitrogens with one attached hydrogen (secondary N) is 2. The van der Waals surface area contributed by atoms with Gasteiger partial charge in [-0.3, -0.25) is 19.0 Å². The molecular weight excluding hydrogens is 900 g/mol. The lowest BCUT2D eigenvalue weighted by Crippen LogP contribution is -2.44. The molecule has 2 N–H and O–H groups in total. The van der Waals surface area contributed by atoms with E-state index in [0.29, 0.717) is 175 Å². The number of aromatic nitrogens is 2. The Kier molecular flexibility index (Phi) is 23.4. The van der Waals surface area contributed by atoms with Crippen molar-refractivity contribution in [2.24, 2.45) is 0 Å². The number of benzene rings is 2. The van der Waals surface area contributed by atoms with Crippen LogP contribution in [0.4, 0.5) is 16.1 Å². The van der Waals surface area contributed by atoms with Gasteiger partial charge in [-0.2, -0.15) is 4.98 Å². The highest BCUT2D eigenvalue weighted by atomic mass is 19.1.